The highest BCUT2D eigenvalue weighted by Gasteiger charge is 2.22. The van der Waals surface area contributed by atoms with Gasteiger partial charge in [0.05, 0.1) is 13.7 Å². The summed E-state index contributed by atoms with van der Waals surface area (Å²) in [5.74, 6) is -0.211. The van der Waals surface area contributed by atoms with Crippen LogP contribution >= 0.6 is 0 Å². The molecule has 2 aromatic rings. The van der Waals surface area contributed by atoms with Crippen molar-refractivity contribution in [2.75, 3.05) is 19.0 Å². The van der Waals surface area contributed by atoms with Gasteiger partial charge in [-0.05, 0) is 18.6 Å². The van der Waals surface area contributed by atoms with Crippen LogP contribution in [0.25, 0.3) is 0 Å². The molecule has 12 heteroatoms. The molecule has 0 aliphatic heterocycles. The van der Waals surface area contributed by atoms with E-state index in [2.05, 4.69) is 20.3 Å². The third-order valence-corrected chi connectivity index (χ3v) is 4.24. The van der Waals surface area contributed by atoms with E-state index < -0.39 is 21.7 Å². The fourth-order valence-electron chi connectivity index (χ4n) is 1.83. The summed E-state index contributed by atoms with van der Waals surface area (Å²) in [4.78, 5) is 32.3. The second kappa shape index (κ2) is 8.29. The Morgan fingerprint density at radius 1 is 1.27 bits per heavy atom. The lowest BCUT2D eigenvalue weighted by molar-refractivity contribution is 0.256. The largest absolute Gasteiger partial charge is 0.492 e. The molecule has 1 aromatic carbocycles. The standard InChI is InChI=1S/C14H17N5O6S/c1-3-8-25-9-6-4-5-7-10(9)26(22,23)19-13(21)16-11-15-12(20)18-14(17-11)24-2/h4-7H,3,8H2,1-2H3,(H3,15,16,17,18,19,20,21). The van der Waals surface area contributed by atoms with Crippen molar-refractivity contribution >= 4 is 22.0 Å². The second-order valence-electron chi connectivity index (χ2n) is 4.84. The number of sulfonamides is 1. The van der Waals surface area contributed by atoms with Crippen molar-refractivity contribution in [3.63, 3.8) is 0 Å². The summed E-state index contributed by atoms with van der Waals surface area (Å²) in [7, 11) is -2.99. The molecular formula is C14H17N5O6S. The second-order valence-corrected chi connectivity index (χ2v) is 6.49. The molecular weight excluding hydrogens is 366 g/mol. The molecule has 0 bridgehead atoms. The molecule has 0 aliphatic rings. The first kappa shape index (κ1) is 19.2. The van der Waals surface area contributed by atoms with Crippen molar-refractivity contribution in [3.05, 3.63) is 34.7 Å². The van der Waals surface area contributed by atoms with Crippen LogP contribution in [-0.4, -0.2) is 43.1 Å². The molecule has 0 fully saturated rings. The Balaban J connectivity index is 2.18. The highest BCUT2D eigenvalue weighted by Crippen LogP contribution is 2.23. The van der Waals surface area contributed by atoms with Crippen molar-refractivity contribution in [1.82, 2.24) is 19.7 Å². The van der Waals surface area contributed by atoms with Gasteiger partial charge >= 0.3 is 17.7 Å². The van der Waals surface area contributed by atoms with E-state index in [4.69, 9.17) is 9.47 Å². The third kappa shape index (κ3) is 4.92. The molecule has 0 spiro atoms. The van der Waals surface area contributed by atoms with Crippen molar-refractivity contribution in [2.45, 2.75) is 18.2 Å². The normalized spacial score (nSPS) is 10.8. The van der Waals surface area contributed by atoms with E-state index in [1.807, 2.05) is 11.6 Å². The van der Waals surface area contributed by atoms with E-state index >= 15 is 0 Å². The van der Waals surface area contributed by atoms with E-state index in [0.717, 1.165) is 0 Å². The van der Waals surface area contributed by atoms with Crippen LogP contribution in [0.3, 0.4) is 0 Å². The first-order chi connectivity index (χ1) is 12.4. The number of methoxy groups -OCH3 is 1. The molecule has 1 aromatic heterocycles. The zero-order chi connectivity index (χ0) is 19.2. The lowest BCUT2D eigenvalue weighted by Gasteiger charge is -2.12. The molecule has 0 radical (unpaired) electrons. The number of amides is 2. The molecule has 2 rings (SSSR count). The Labute approximate surface area is 148 Å². The summed E-state index contributed by atoms with van der Waals surface area (Å²) in [6, 6.07) is 4.47. The number of nitrogens with zero attached hydrogens (tertiary/aromatic N) is 2. The van der Waals surface area contributed by atoms with Gasteiger partial charge in [0.2, 0.25) is 5.95 Å². The molecule has 3 N–H and O–H groups in total. The Morgan fingerprint density at radius 3 is 2.69 bits per heavy atom. The maximum absolute atomic E-state index is 12.4. The summed E-state index contributed by atoms with van der Waals surface area (Å²) in [5, 5.41) is 2.09. The Bertz CT molecular complexity index is 943. The zero-order valence-electron chi connectivity index (χ0n) is 14.0. The number of nitrogens with one attached hydrogen (secondary N) is 3. The summed E-state index contributed by atoms with van der Waals surface area (Å²) < 4.78 is 36.7. The number of aromatic nitrogens is 3. The van der Waals surface area contributed by atoms with Crippen molar-refractivity contribution in [3.8, 4) is 11.8 Å². The predicted molar refractivity (Wildman–Crippen MR) is 90.8 cm³/mol. The summed E-state index contributed by atoms with van der Waals surface area (Å²) in [6.45, 7) is 2.19. The predicted octanol–water partition coefficient (Wildman–Crippen LogP) is 0.473. The lowest BCUT2D eigenvalue weighted by Crippen LogP contribution is -2.35. The smallest absolute Gasteiger partial charge is 0.352 e. The van der Waals surface area contributed by atoms with Gasteiger partial charge in [-0.25, -0.2) is 22.7 Å². The van der Waals surface area contributed by atoms with Gasteiger partial charge in [-0.1, -0.05) is 19.1 Å². The minimum absolute atomic E-state index is 0.117. The van der Waals surface area contributed by atoms with Crippen LogP contribution in [0.5, 0.6) is 11.8 Å². The van der Waals surface area contributed by atoms with E-state index in [-0.39, 0.29) is 22.6 Å². The number of ether oxygens (including phenoxy) is 2. The van der Waals surface area contributed by atoms with Gasteiger partial charge < -0.3 is 9.47 Å². The van der Waals surface area contributed by atoms with Crippen molar-refractivity contribution in [2.24, 2.45) is 0 Å². The number of rotatable bonds is 7. The Hall–Kier alpha value is -3.15. The molecule has 0 saturated carbocycles. The number of anilines is 1. The summed E-state index contributed by atoms with van der Waals surface area (Å²) in [6.07, 6.45) is 0.686. The maximum Gasteiger partial charge on any atom is 0.352 e. The van der Waals surface area contributed by atoms with Crippen LogP contribution in [-0.2, 0) is 10.0 Å². The van der Waals surface area contributed by atoms with Crippen LogP contribution in [0.1, 0.15) is 13.3 Å². The topological polar surface area (TPSA) is 152 Å². The van der Waals surface area contributed by atoms with Gasteiger partial charge in [0.1, 0.15) is 10.6 Å². The number of carbonyl (C=O) groups excluding carboxylic acids is 1. The number of para-hydroxylation sites is 1. The number of hydrogen-bond donors (Lipinski definition) is 3. The van der Waals surface area contributed by atoms with Crippen LogP contribution in [0, 0.1) is 0 Å². The maximum atomic E-state index is 12.4. The molecule has 140 valence electrons. The van der Waals surface area contributed by atoms with Gasteiger partial charge in [-0.15, -0.1) is 4.98 Å². The number of carbonyl (C=O) groups is 1. The molecule has 0 atom stereocenters. The van der Waals surface area contributed by atoms with E-state index in [1.165, 1.54) is 25.3 Å². The molecule has 11 nitrogen and oxygen atoms in total. The number of benzene rings is 1. The van der Waals surface area contributed by atoms with Crippen molar-refractivity contribution < 1.29 is 22.7 Å². The zero-order valence-corrected chi connectivity index (χ0v) is 14.8. The first-order valence-electron chi connectivity index (χ1n) is 7.43. The molecule has 0 saturated heterocycles. The molecule has 26 heavy (non-hydrogen) atoms. The Morgan fingerprint density at radius 2 is 2.00 bits per heavy atom. The first-order valence-corrected chi connectivity index (χ1v) is 8.92. The SMILES string of the molecule is CCCOc1ccccc1S(=O)(=O)NC(=O)Nc1nc(OC)nc(=O)[nH]1. The molecule has 0 aliphatic carbocycles. The van der Waals surface area contributed by atoms with Gasteiger partial charge in [0.25, 0.3) is 10.0 Å². The van der Waals surface area contributed by atoms with Crippen LogP contribution in [0.2, 0.25) is 0 Å². The number of hydrogen-bond acceptors (Lipinski definition) is 8. The monoisotopic (exact) mass is 383 g/mol. The molecule has 2 amide bonds. The minimum atomic E-state index is -4.22. The average molecular weight is 383 g/mol. The van der Waals surface area contributed by atoms with Crippen LogP contribution in [0.15, 0.2) is 34.0 Å². The molecule has 0 unspecified atom stereocenters. The highest BCUT2D eigenvalue weighted by atomic mass is 32.2. The van der Waals surface area contributed by atoms with Gasteiger partial charge in [0, 0.05) is 0 Å². The fourth-order valence-corrected chi connectivity index (χ4v) is 2.88. The summed E-state index contributed by atoms with van der Waals surface area (Å²) in [5.41, 5.74) is -0.826. The highest BCUT2D eigenvalue weighted by molar-refractivity contribution is 7.90. The van der Waals surface area contributed by atoms with Crippen LogP contribution in [0.4, 0.5) is 10.7 Å². The summed E-state index contributed by atoms with van der Waals surface area (Å²) >= 11 is 0. The number of urea groups is 1. The minimum Gasteiger partial charge on any atom is -0.492 e. The van der Waals surface area contributed by atoms with E-state index in [0.29, 0.717) is 13.0 Å². The van der Waals surface area contributed by atoms with Crippen LogP contribution < -0.4 is 25.2 Å². The van der Waals surface area contributed by atoms with Gasteiger partial charge in [-0.2, -0.15) is 4.98 Å². The number of H-pyrrole nitrogens is 1. The van der Waals surface area contributed by atoms with Gasteiger partial charge in [0.15, 0.2) is 0 Å². The lowest BCUT2D eigenvalue weighted by atomic mass is 10.3. The third-order valence-electron chi connectivity index (χ3n) is 2.87. The van der Waals surface area contributed by atoms with Crippen molar-refractivity contribution in [1.29, 1.82) is 0 Å². The van der Waals surface area contributed by atoms with E-state index in [1.54, 1.807) is 6.07 Å². The quantitative estimate of drug-likeness (QED) is 0.624. The molecule has 1 heterocycles. The van der Waals surface area contributed by atoms with E-state index in [9.17, 15) is 18.0 Å². The fraction of sp³-hybridized carbons (Fsp3) is 0.286. The average Bonchev–Trinajstić information content (AvgIpc) is 2.59. The Kier molecular flexibility index (Phi) is 6.11. The number of aromatic amines is 1. The van der Waals surface area contributed by atoms with Gasteiger partial charge in [-0.3, -0.25) is 10.3 Å².